The van der Waals surface area contributed by atoms with Crippen LogP contribution in [0, 0.1) is 0 Å². The Hall–Kier alpha value is -3.44. The van der Waals surface area contributed by atoms with E-state index in [4.69, 9.17) is 21.1 Å². The molecule has 0 fully saturated rings. The first kappa shape index (κ1) is 23.7. The van der Waals surface area contributed by atoms with Crippen molar-refractivity contribution in [2.24, 2.45) is 0 Å². The highest BCUT2D eigenvalue weighted by atomic mass is 35.5. The third-order valence-electron chi connectivity index (χ3n) is 5.13. The lowest BCUT2D eigenvalue weighted by molar-refractivity contribution is 0.294. The van der Waals surface area contributed by atoms with Crippen LogP contribution in [0.2, 0.25) is 5.02 Å². The number of hydrogen-bond acceptors (Lipinski definition) is 8. The van der Waals surface area contributed by atoms with Crippen molar-refractivity contribution in [3.63, 3.8) is 0 Å². The summed E-state index contributed by atoms with van der Waals surface area (Å²) in [5.74, 6) is 1.45. The molecule has 0 radical (unpaired) electrons. The highest BCUT2D eigenvalue weighted by Gasteiger charge is 2.14. The number of aromatic nitrogens is 5. The van der Waals surface area contributed by atoms with E-state index in [9.17, 15) is 13.2 Å². The van der Waals surface area contributed by atoms with Gasteiger partial charge in [-0.1, -0.05) is 18.5 Å². The summed E-state index contributed by atoms with van der Waals surface area (Å²) in [6.07, 6.45) is 6.41. The molecule has 1 aromatic carbocycles. The first-order valence-corrected chi connectivity index (χ1v) is 12.6. The summed E-state index contributed by atoms with van der Waals surface area (Å²) < 4.78 is 37.2. The summed E-state index contributed by atoms with van der Waals surface area (Å²) in [7, 11) is -1.56. The van der Waals surface area contributed by atoms with Gasteiger partial charge in [0.15, 0.2) is 17.3 Å². The van der Waals surface area contributed by atoms with E-state index in [1.807, 2.05) is 0 Å². The molecule has 0 saturated heterocycles. The molecule has 34 heavy (non-hydrogen) atoms. The fourth-order valence-corrected chi connectivity index (χ4v) is 4.23. The largest absolute Gasteiger partial charge is 0.493 e. The van der Waals surface area contributed by atoms with Crippen molar-refractivity contribution in [2.45, 2.75) is 13.3 Å². The topological polar surface area (TPSA) is 118 Å². The van der Waals surface area contributed by atoms with Crippen LogP contribution < -0.4 is 15.0 Å². The monoisotopic (exact) mass is 503 g/mol. The Morgan fingerprint density at radius 1 is 1.12 bits per heavy atom. The van der Waals surface area contributed by atoms with Crippen LogP contribution in [0.1, 0.15) is 13.3 Å². The highest BCUT2D eigenvalue weighted by Crippen LogP contribution is 2.29. The minimum atomic E-state index is -3.05. The normalized spacial score (nSPS) is 11.6. The SMILES string of the molecule is CCS(=O)(=O)CCCOc1ccc(-n2cnn3cc(-c4ncc(Cl)cn4)cc3c2=O)cc1OC. The average Bonchev–Trinajstić information content (AvgIpc) is 3.28. The molecule has 0 aliphatic carbocycles. The molecule has 0 unspecified atom stereocenters. The fourth-order valence-electron chi connectivity index (χ4n) is 3.29. The lowest BCUT2D eigenvalue weighted by Crippen LogP contribution is -2.21. The van der Waals surface area contributed by atoms with E-state index in [2.05, 4.69) is 15.1 Å². The number of fused-ring (bicyclic) bond motifs is 1. The first-order chi connectivity index (χ1) is 16.3. The molecule has 4 aromatic rings. The van der Waals surface area contributed by atoms with Gasteiger partial charge >= 0.3 is 0 Å². The van der Waals surface area contributed by atoms with Crippen LogP contribution >= 0.6 is 11.6 Å². The molecule has 0 N–H and O–H groups in total. The molecule has 3 aromatic heterocycles. The molecule has 12 heteroatoms. The van der Waals surface area contributed by atoms with Gasteiger partial charge in [0, 0.05) is 36.0 Å². The summed E-state index contributed by atoms with van der Waals surface area (Å²) in [6.45, 7) is 1.84. The Morgan fingerprint density at radius 3 is 2.59 bits per heavy atom. The summed E-state index contributed by atoms with van der Waals surface area (Å²) >= 11 is 5.85. The van der Waals surface area contributed by atoms with Crippen molar-refractivity contribution < 1.29 is 17.9 Å². The quantitative estimate of drug-likeness (QED) is 0.320. The van der Waals surface area contributed by atoms with Crippen molar-refractivity contribution >= 4 is 27.0 Å². The van der Waals surface area contributed by atoms with Crippen molar-refractivity contribution in [2.75, 3.05) is 25.2 Å². The number of benzene rings is 1. The maximum atomic E-state index is 13.2. The molecular weight excluding hydrogens is 482 g/mol. The van der Waals surface area contributed by atoms with Crippen LogP contribution in [-0.2, 0) is 9.84 Å². The summed E-state index contributed by atoms with van der Waals surface area (Å²) in [5.41, 5.74) is 1.21. The van der Waals surface area contributed by atoms with Gasteiger partial charge in [-0.25, -0.2) is 22.9 Å². The summed E-state index contributed by atoms with van der Waals surface area (Å²) in [6, 6.07) is 6.69. The second kappa shape index (κ2) is 9.82. The zero-order valence-electron chi connectivity index (χ0n) is 18.5. The zero-order chi connectivity index (χ0) is 24.3. The Morgan fingerprint density at radius 2 is 1.88 bits per heavy atom. The minimum Gasteiger partial charge on any atom is -0.493 e. The molecule has 0 bridgehead atoms. The van der Waals surface area contributed by atoms with E-state index in [1.165, 1.54) is 34.9 Å². The van der Waals surface area contributed by atoms with E-state index in [-0.39, 0.29) is 23.7 Å². The average molecular weight is 504 g/mol. The van der Waals surface area contributed by atoms with Crippen LogP contribution in [0.5, 0.6) is 11.5 Å². The Balaban J connectivity index is 1.59. The molecule has 10 nitrogen and oxygen atoms in total. The van der Waals surface area contributed by atoms with Gasteiger partial charge in [0.05, 0.1) is 30.2 Å². The van der Waals surface area contributed by atoms with Crippen LogP contribution in [-0.4, -0.2) is 57.8 Å². The Kier molecular flexibility index (Phi) is 6.85. The first-order valence-electron chi connectivity index (χ1n) is 10.4. The van der Waals surface area contributed by atoms with Gasteiger partial charge in [-0.05, 0) is 24.6 Å². The smallest absolute Gasteiger partial charge is 0.282 e. The molecule has 0 amide bonds. The number of methoxy groups -OCH3 is 1. The van der Waals surface area contributed by atoms with E-state index in [0.29, 0.717) is 45.5 Å². The van der Waals surface area contributed by atoms with E-state index in [0.717, 1.165) is 0 Å². The standard InChI is InChI=1S/C22H22ClN5O5S/c1-3-34(30,31)8-4-7-33-19-6-5-17(10-20(19)32-2)27-14-26-28-13-15(9-18(28)22(27)29)21-24-11-16(23)12-25-21/h5-6,9-14H,3-4,7-8H2,1-2H3. The highest BCUT2D eigenvalue weighted by molar-refractivity contribution is 7.91. The molecule has 0 spiro atoms. The van der Waals surface area contributed by atoms with Gasteiger partial charge < -0.3 is 9.47 Å². The van der Waals surface area contributed by atoms with Gasteiger partial charge in [0.2, 0.25) is 0 Å². The Bertz CT molecular complexity index is 1480. The molecule has 3 heterocycles. The molecule has 178 valence electrons. The lowest BCUT2D eigenvalue weighted by atomic mass is 10.2. The van der Waals surface area contributed by atoms with Gasteiger partial charge in [0.1, 0.15) is 21.7 Å². The summed E-state index contributed by atoms with van der Waals surface area (Å²) in [4.78, 5) is 21.5. The van der Waals surface area contributed by atoms with Crippen molar-refractivity contribution in [3.8, 4) is 28.6 Å². The number of hydrogen-bond donors (Lipinski definition) is 0. The van der Waals surface area contributed by atoms with E-state index in [1.54, 1.807) is 37.4 Å². The van der Waals surface area contributed by atoms with Crippen LogP contribution in [0.3, 0.4) is 0 Å². The molecule has 4 rings (SSSR count). The van der Waals surface area contributed by atoms with Crippen LogP contribution in [0.15, 0.2) is 54.0 Å². The van der Waals surface area contributed by atoms with Gasteiger partial charge in [0.25, 0.3) is 5.56 Å². The number of sulfone groups is 1. The lowest BCUT2D eigenvalue weighted by Gasteiger charge is -2.13. The maximum Gasteiger partial charge on any atom is 0.282 e. The fraction of sp³-hybridized carbons (Fsp3) is 0.273. The van der Waals surface area contributed by atoms with E-state index < -0.39 is 9.84 Å². The zero-order valence-corrected chi connectivity index (χ0v) is 20.1. The number of halogens is 1. The second-order valence-corrected chi connectivity index (χ2v) is 10.3. The van der Waals surface area contributed by atoms with Crippen LogP contribution in [0.25, 0.3) is 22.6 Å². The molecule has 0 atom stereocenters. The third kappa shape index (κ3) is 5.05. The number of rotatable bonds is 9. The van der Waals surface area contributed by atoms with E-state index >= 15 is 0 Å². The Labute approximate surface area is 200 Å². The van der Waals surface area contributed by atoms with Crippen molar-refractivity contribution in [1.29, 1.82) is 0 Å². The summed E-state index contributed by atoms with van der Waals surface area (Å²) in [5, 5.41) is 4.74. The van der Waals surface area contributed by atoms with Gasteiger partial charge in [-0.2, -0.15) is 5.10 Å². The van der Waals surface area contributed by atoms with Crippen molar-refractivity contribution in [3.05, 3.63) is 64.6 Å². The third-order valence-corrected chi connectivity index (χ3v) is 7.12. The molecule has 0 saturated carbocycles. The number of ether oxygens (including phenoxy) is 2. The van der Waals surface area contributed by atoms with Gasteiger partial charge in [-0.3, -0.25) is 9.36 Å². The molecule has 0 aliphatic rings. The van der Waals surface area contributed by atoms with Crippen molar-refractivity contribution in [1.82, 2.24) is 24.1 Å². The van der Waals surface area contributed by atoms with Crippen LogP contribution in [0.4, 0.5) is 0 Å². The predicted octanol–water partition coefficient (Wildman–Crippen LogP) is 2.81. The second-order valence-electron chi connectivity index (χ2n) is 7.36. The molecule has 0 aliphatic heterocycles. The predicted molar refractivity (Wildman–Crippen MR) is 128 cm³/mol. The molecular formula is C22H22ClN5O5S. The minimum absolute atomic E-state index is 0.0609. The van der Waals surface area contributed by atoms with Gasteiger partial charge in [-0.15, -0.1) is 0 Å². The number of nitrogens with zero attached hydrogens (tertiary/aromatic N) is 5. The maximum absolute atomic E-state index is 13.2.